The van der Waals surface area contributed by atoms with Crippen molar-refractivity contribution >= 4 is 5.78 Å². The third kappa shape index (κ3) is 2.50. The number of Topliss-reactive ketones (excluding diaryl/α,β-unsaturated/α-hetero) is 1. The summed E-state index contributed by atoms with van der Waals surface area (Å²) in [4.78, 5) is 12.1. The van der Waals surface area contributed by atoms with E-state index in [0.29, 0.717) is 12.3 Å². The molecule has 1 aromatic carbocycles. The van der Waals surface area contributed by atoms with E-state index in [9.17, 15) is 4.79 Å². The van der Waals surface area contributed by atoms with E-state index >= 15 is 0 Å². The molecule has 86 valence electrons. The van der Waals surface area contributed by atoms with Gasteiger partial charge in [0.1, 0.15) is 0 Å². The molecule has 1 aliphatic rings. The molecule has 1 saturated heterocycles. The van der Waals surface area contributed by atoms with E-state index in [-0.39, 0.29) is 5.78 Å². The summed E-state index contributed by atoms with van der Waals surface area (Å²) in [7, 11) is 0. The van der Waals surface area contributed by atoms with Crippen molar-refractivity contribution in [1.29, 1.82) is 0 Å². The molecular formula is C14H18O2. The third-order valence-corrected chi connectivity index (χ3v) is 3.18. The number of ether oxygens (including phenoxy) is 1. The number of aryl methyl sites for hydroxylation is 2. The molecule has 16 heavy (non-hydrogen) atoms. The molecule has 1 aromatic rings. The van der Waals surface area contributed by atoms with Crippen LogP contribution in [-0.2, 0) is 4.74 Å². The van der Waals surface area contributed by atoms with Crippen LogP contribution in [0.15, 0.2) is 18.2 Å². The van der Waals surface area contributed by atoms with Crippen molar-refractivity contribution in [1.82, 2.24) is 0 Å². The maximum Gasteiger partial charge on any atom is 0.163 e. The first-order valence-corrected chi connectivity index (χ1v) is 5.85. The fraction of sp³-hybridized carbons (Fsp3) is 0.500. The molecule has 0 amide bonds. The molecule has 0 radical (unpaired) electrons. The SMILES string of the molecule is Cc1ccc(C(=O)CC2CCOC2)c(C)c1. The van der Waals surface area contributed by atoms with Gasteiger partial charge in [-0.05, 0) is 31.7 Å². The maximum atomic E-state index is 12.1. The van der Waals surface area contributed by atoms with Gasteiger partial charge in [-0.15, -0.1) is 0 Å². The van der Waals surface area contributed by atoms with Gasteiger partial charge in [0.05, 0.1) is 0 Å². The van der Waals surface area contributed by atoms with E-state index in [4.69, 9.17) is 4.74 Å². The van der Waals surface area contributed by atoms with E-state index in [1.165, 1.54) is 5.56 Å². The van der Waals surface area contributed by atoms with Crippen molar-refractivity contribution in [3.05, 3.63) is 34.9 Å². The predicted octanol–water partition coefficient (Wildman–Crippen LogP) is 2.91. The molecule has 0 aliphatic carbocycles. The number of carbonyl (C=O) groups excluding carboxylic acids is 1. The van der Waals surface area contributed by atoms with Crippen LogP contribution in [0, 0.1) is 19.8 Å². The number of ketones is 1. The van der Waals surface area contributed by atoms with Crippen LogP contribution in [0.4, 0.5) is 0 Å². The Hall–Kier alpha value is -1.15. The Morgan fingerprint density at radius 1 is 1.44 bits per heavy atom. The summed E-state index contributed by atoms with van der Waals surface area (Å²) >= 11 is 0. The summed E-state index contributed by atoms with van der Waals surface area (Å²) < 4.78 is 5.29. The second-order valence-electron chi connectivity index (χ2n) is 4.68. The van der Waals surface area contributed by atoms with E-state index in [2.05, 4.69) is 6.07 Å². The molecule has 0 saturated carbocycles. The van der Waals surface area contributed by atoms with Crippen LogP contribution < -0.4 is 0 Å². The molecule has 1 aliphatic heterocycles. The van der Waals surface area contributed by atoms with E-state index < -0.39 is 0 Å². The molecule has 0 aromatic heterocycles. The van der Waals surface area contributed by atoms with E-state index in [1.54, 1.807) is 0 Å². The van der Waals surface area contributed by atoms with Crippen LogP contribution in [-0.4, -0.2) is 19.0 Å². The molecule has 1 fully saturated rings. The van der Waals surface area contributed by atoms with E-state index in [0.717, 1.165) is 30.8 Å². The lowest BCUT2D eigenvalue weighted by molar-refractivity contribution is 0.0952. The zero-order chi connectivity index (χ0) is 11.5. The quantitative estimate of drug-likeness (QED) is 0.729. The summed E-state index contributed by atoms with van der Waals surface area (Å²) in [6, 6.07) is 6.02. The number of benzene rings is 1. The van der Waals surface area contributed by atoms with Crippen LogP contribution in [0.2, 0.25) is 0 Å². The van der Waals surface area contributed by atoms with Crippen LogP contribution in [0.1, 0.15) is 34.3 Å². The zero-order valence-corrected chi connectivity index (χ0v) is 9.95. The summed E-state index contributed by atoms with van der Waals surface area (Å²) in [5.41, 5.74) is 3.17. The molecule has 0 N–H and O–H groups in total. The Kier molecular flexibility index (Phi) is 3.39. The highest BCUT2D eigenvalue weighted by atomic mass is 16.5. The van der Waals surface area contributed by atoms with Crippen molar-refractivity contribution in [2.24, 2.45) is 5.92 Å². The summed E-state index contributed by atoms with van der Waals surface area (Å²) in [6.45, 7) is 5.61. The van der Waals surface area contributed by atoms with Crippen molar-refractivity contribution in [3.63, 3.8) is 0 Å². The Balaban J connectivity index is 2.08. The highest BCUT2D eigenvalue weighted by Crippen LogP contribution is 2.20. The normalized spacial score (nSPS) is 20.0. The van der Waals surface area contributed by atoms with Gasteiger partial charge in [0, 0.05) is 25.2 Å². The maximum absolute atomic E-state index is 12.1. The number of rotatable bonds is 3. The van der Waals surface area contributed by atoms with Crippen molar-refractivity contribution in [2.45, 2.75) is 26.7 Å². The van der Waals surface area contributed by atoms with Crippen molar-refractivity contribution in [2.75, 3.05) is 13.2 Å². The van der Waals surface area contributed by atoms with Gasteiger partial charge in [-0.3, -0.25) is 4.79 Å². The van der Waals surface area contributed by atoms with Gasteiger partial charge in [0.2, 0.25) is 0 Å². The molecular weight excluding hydrogens is 200 g/mol. The molecule has 0 spiro atoms. The average molecular weight is 218 g/mol. The Labute approximate surface area is 96.6 Å². The van der Waals surface area contributed by atoms with Gasteiger partial charge in [0.15, 0.2) is 5.78 Å². The Morgan fingerprint density at radius 3 is 2.88 bits per heavy atom. The second kappa shape index (κ2) is 4.79. The summed E-state index contributed by atoms with van der Waals surface area (Å²) in [5.74, 6) is 0.682. The van der Waals surface area contributed by atoms with E-state index in [1.807, 2.05) is 26.0 Å². The fourth-order valence-electron chi connectivity index (χ4n) is 2.24. The number of hydrogen-bond donors (Lipinski definition) is 0. The average Bonchev–Trinajstić information content (AvgIpc) is 2.70. The smallest absolute Gasteiger partial charge is 0.163 e. The Bertz CT molecular complexity index is 390. The topological polar surface area (TPSA) is 26.3 Å². The highest BCUT2D eigenvalue weighted by molar-refractivity contribution is 5.97. The lowest BCUT2D eigenvalue weighted by Crippen LogP contribution is -2.10. The minimum Gasteiger partial charge on any atom is -0.381 e. The lowest BCUT2D eigenvalue weighted by Gasteiger charge is -2.09. The largest absolute Gasteiger partial charge is 0.381 e. The lowest BCUT2D eigenvalue weighted by atomic mass is 9.94. The zero-order valence-electron chi connectivity index (χ0n) is 9.95. The summed E-state index contributed by atoms with van der Waals surface area (Å²) in [6.07, 6.45) is 1.65. The molecule has 1 unspecified atom stereocenters. The molecule has 2 heteroatoms. The molecule has 2 rings (SSSR count). The van der Waals surface area contributed by atoms with Gasteiger partial charge >= 0.3 is 0 Å². The molecule has 1 atom stereocenters. The standard InChI is InChI=1S/C14H18O2/c1-10-3-4-13(11(2)7-10)14(15)8-12-5-6-16-9-12/h3-4,7,12H,5-6,8-9H2,1-2H3. The van der Waals surface area contributed by atoms with Crippen LogP contribution in [0.3, 0.4) is 0 Å². The first-order chi connectivity index (χ1) is 7.66. The van der Waals surface area contributed by atoms with Gasteiger partial charge in [-0.1, -0.05) is 23.8 Å². The van der Waals surface area contributed by atoms with Gasteiger partial charge in [-0.25, -0.2) is 0 Å². The monoisotopic (exact) mass is 218 g/mol. The van der Waals surface area contributed by atoms with Crippen LogP contribution >= 0.6 is 0 Å². The number of hydrogen-bond acceptors (Lipinski definition) is 2. The van der Waals surface area contributed by atoms with Crippen molar-refractivity contribution < 1.29 is 9.53 Å². The van der Waals surface area contributed by atoms with Crippen molar-refractivity contribution in [3.8, 4) is 0 Å². The first-order valence-electron chi connectivity index (χ1n) is 5.85. The molecule has 0 bridgehead atoms. The molecule has 1 heterocycles. The third-order valence-electron chi connectivity index (χ3n) is 3.18. The number of carbonyl (C=O) groups is 1. The van der Waals surface area contributed by atoms with Gasteiger partial charge < -0.3 is 4.74 Å². The van der Waals surface area contributed by atoms with Crippen LogP contribution in [0.25, 0.3) is 0 Å². The van der Waals surface area contributed by atoms with Crippen LogP contribution in [0.5, 0.6) is 0 Å². The first kappa shape index (κ1) is 11.3. The molecule has 2 nitrogen and oxygen atoms in total. The van der Waals surface area contributed by atoms with Gasteiger partial charge in [0.25, 0.3) is 0 Å². The summed E-state index contributed by atoms with van der Waals surface area (Å²) in [5, 5.41) is 0. The Morgan fingerprint density at radius 2 is 2.25 bits per heavy atom. The highest BCUT2D eigenvalue weighted by Gasteiger charge is 2.20. The van der Waals surface area contributed by atoms with Gasteiger partial charge in [-0.2, -0.15) is 0 Å². The minimum atomic E-state index is 0.257. The second-order valence-corrected chi connectivity index (χ2v) is 4.68. The minimum absolute atomic E-state index is 0.257. The fourth-order valence-corrected chi connectivity index (χ4v) is 2.24. The predicted molar refractivity (Wildman–Crippen MR) is 63.8 cm³/mol.